The highest BCUT2D eigenvalue weighted by Crippen LogP contribution is 2.30. The van der Waals surface area contributed by atoms with Crippen LogP contribution in [0.3, 0.4) is 0 Å². The van der Waals surface area contributed by atoms with E-state index < -0.39 is 17.3 Å². The number of halogens is 1. The van der Waals surface area contributed by atoms with E-state index in [4.69, 9.17) is 10.5 Å². The number of nitrogens with one attached hydrogen (secondary N) is 1. The Morgan fingerprint density at radius 1 is 1.26 bits per heavy atom. The van der Waals surface area contributed by atoms with Gasteiger partial charge in [0.15, 0.2) is 5.96 Å². The maximum absolute atomic E-state index is 14.5. The minimum atomic E-state index is -0.573. The number of rotatable bonds is 9. The fourth-order valence-corrected chi connectivity index (χ4v) is 3.83. The Hall–Kier alpha value is -3.26. The van der Waals surface area contributed by atoms with Gasteiger partial charge in [0.05, 0.1) is 31.2 Å². The number of benzene rings is 2. The molecule has 2 aromatic rings. The molecule has 0 saturated carbocycles. The molecule has 34 heavy (non-hydrogen) atoms. The van der Waals surface area contributed by atoms with Crippen LogP contribution >= 0.6 is 0 Å². The van der Waals surface area contributed by atoms with Crippen LogP contribution < -0.4 is 11.1 Å². The van der Waals surface area contributed by atoms with E-state index >= 15 is 0 Å². The maximum Gasteiger partial charge on any atom is 0.251 e. The third kappa shape index (κ3) is 5.99. The first kappa shape index (κ1) is 25.4. The molecule has 1 aliphatic rings. The molecule has 0 aromatic heterocycles. The number of ether oxygens (including phenoxy) is 1. The molecule has 0 bridgehead atoms. The maximum atomic E-state index is 14.5. The van der Waals surface area contributed by atoms with Gasteiger partial charge in [-0.15, -0.1) is 0 Å². The van der Waals surface area contributed by atoms with E-state index in [0.717, 1.165) is 5.56 Å². The van der Waals surface area contributed by atoms with E-state index in [1.54, 1.807) is 6.07 Å². The number of amides is 2. The molecule has 2 aromatic carbocycles. The normalized spacial score (nSPS) is 19.2. The molecule has 2 amide bonds. The average molecular weight is 469 g/mol. The molecule has 0 fully saturated rings. The van der Waals surface area contributed by atoms with Gasteiger partial charge >= 0.3 is 0 Å². The predicted molar refractivity (Wildman–Crippen MR) is 130 cm³/mol. The van der Waals surface area contributed by atoms with Crippen LogP contribution in [0.25, 0.3) is 0 Å². The molecular formula is C26H33FN4O3. The number of guanidine groups is 1. The number of nitrogens with zero attached hydrogens (tertiary/aromatic N) is 2. The second-order valence-corrected chi connectivity index (χ2v) is 9.08. The molecule has 0 spiro atoms. The molecule has 1 heterocycles. The van der Waals surface area contributed by atoms with Crippen molar-refractivity contribution in [3.05, 3.63) is 71.0 Å². The zero-order valence-electron chi connectivity index (χ0n) is 20.2. The first-order valence-electron chi connectivity index (χ1n) is 11.5. The van der Waals surface area contributed by atoms with E-state index in [0.29, 0.717) is 18.8 Å². The lowest BCUT2D eigenvalue weighted by atomic mass is 9.84. The first-order valence-corrected chi connectivity index (χ1v) is 11.5. The summed E-state index contributed by atoms with van der Waals surface area (Å²) < 4.78 is 20.0. The number of aliphatic imine (C=N–C) groups is 1. The average Bonchev–Trinajstić information content (AvgIpc) is 2.79. The number of carbonyl (C=O) groups excluding carboxylic acids is 2. The van der Waals surface area contributed by atoms with Crippen LogP contribution in [-0.2, 0) is 16.1 Å². The molecule has 0 radical (unpaired) electrons. The summed E-state index contributed by atoms with van der Waals surface area (Å²) in [5.74, 6) is -0.955. The lowest BCUT2D eigenvalue weighted by Crippen LogP contribution is -2.51. The van der Waals surface area contributed by atoms with Gasteiger partial charge in [0.2, 0.25) is 5.91 Å². The van der Waals surface area contributed by atoms with E-state index in [-0.39, 0.29) is 42.4 Å². The minimum Gasteiger partial charge on any atom is -0.379 e. The number of nitrogens with two attached hydrogens (primary N) is 1. The summed E-state index contributed by atoms with van der Waals surface area (Å²) in [5, 5.41) is 2.92. The highest BCUT2D eigenvalue weighted by molar-refractivity contribution is 5.99. The lowest BCUT2D eigenvalue weighted by Gasteiger charge is -2.37. The molecule has 0 aliphatic carbocycles. The van der Waals surface area contributed by atoms with Crippen molar-refractivity contribution in [2.24, 2.45) is 16.6 Å². The Morgan fingerprint density at radius 3 is 2.59 bits per heavy atom. The summed E-state index contributed by atoms with van der Waals surface area (Å²) in [5.41, 5.74) is 7.03. The monoisotopic (exact) mass is 468 g/mol. The Bertz CT molecular complexity index is 1060. The lowest BCUT2D eigenvalue weighted by molar-refractivity contribution is -0.130. The molecule has 0 unspecified atom stereocenters. The van der Waals surface area contributed by atoms with Gasteiger partial charge in [-0.25, -0.2) is 9.38 Å². The van der Waals surface area contributed by atoms with Crippen LogP contribution in [-0.4, -0.2) is 41.4 Å². The van der Waals surface area contributed by atoms with Gasteiger partial charge in [-0.3, -0.25) is 14.5 Å². The predicted octanol–water partition coefficient (Wildman–Crippen LogP) is 3.80. The number of hydrogen-bond donors (Lipinski definition) is 2. The largest absolute Gasteiger partial charge is 0.379 e. The minimum absolute atomic E-state index is 0.0292. The van der Waals surface area contributed by atoms with Crippen molar-refractivity contribution in [1.29, 1.82) is 0 Å². The summed E-state index contributed by atoms with van der Waals surface area (Å²) in [6.45, 7) is 8.59. The van der Waals surface area contributed by atoms with Crippen molar-refractivity contribution < 1.29 is 18.7 Å². The van der Waals surface area contributed by atoms with Gasteiger partial charge in [0.25, 0.3) is 5.91 Å². The molecule has 3 rings (SSSR count). The second kappa shape index (κ2) is 10.8. The quantitative estimate of drug-likeness (QED) is 0.585. The zero-order chi connectivity index (χ0) is 24.9. The molecular weight excluding hydrogens is 435 g/mol. The van der Waals surface area contributed by atoms with Crippen LogP contribution in [0.5, 0.6) is 0 Å². The van der Waals surface area contributed by atoms with Gasteiger partial charge in [-0.2, -0.15) is 0 Å². The van der Waals surface area contributed by atoms with Crippen LogP contribution in [0.4, 0.5) is 4.39 Å². The molecule has 8 heteroatoms. The van der Waals surface area contributed by atoms with Crippen LogP contribution in [0.1, 0.15) is 61.6 Å². The Kier molecular flexibility index (Phi) is 8.04. The molecule has 0 saturated heterocycles. The summed E-state index contributed by atoms with van der Waals surface area (Å²) in [6, 6.07) is 13.1. The van der Waals surface area contributed by atoms with Crippen LogP contribution in [0.15, 0.2) is 53.5 Å². The van der Waals surface area contributed by atoms with Crippen LogP contribution in [0, 0.1) is 11.7 Å². The van der Waals surface area contributed by atoms with Gasteiger partial charge in [-0.1, -0.05) is 44.2 Å². The standard InChI is InChI=1S/C26H33FN4O3/c1-5-34-16-22(19-9-7-6-8-10-19)29-24(33)20-11-18(12-21(27)13-20)15-31-23(32)14-26(4,17(2)3)30-25(31)28/h6-13,17,22H,5,14-16H2,1-4H3,(H2,28,30)(H,29,33)/t22-,26-/m0/s1. The molecule has 182 valence electrons. The van der Waals surface area contributed by atoms with E-state index in [2.05, 4.69) is 10.3 Å². The first-order chi connectivity index (χ1) is 16.1. The van der Waals surface area contributed by atoms with E-state index in [9.17, 15) is 14.0 Å². The van der Waals surface area contributed by atoms with E-state index in [1.165, 1.54) is 17.0 Å². The second-order valence-electron chi connectivity index (χ2n) is 9.08. The summed E-state index contributed by atoms with van der Waals surface area (Å²) in [4.78, 5) is 31.7. The van der Waals surface area contributed by atoms with Crippen LogP contribution in [0.2, 0.25) is 0 Å². The topological polar surface area (TPSA) is 97.0 Å². The van der Waals surface area contributed by atoms with Gasteiger partial charge in [0, 0.05) is 12.2 Å². The summed E-state index contributed by atoms with van der Waals surface area (Å²) in [7, 11) is 0. The van der Waals surface area contributed by atoms with Crippen molar-refractivity contribution in [1.82, 2.24) is 10.2 Å². The molecule has 3 N–H and O–H groups in total. The van der Waals surface area contributed by atoms with Gasteiger partial charge < -0.3 is 15.8 Å². The van der Waals surface area contributed by atoms with Crippen molar-refractivity contribution in [3.8, 4) is 0 Å². The van der Waals surface area contributed by atoms with Crippen molar-refractivity contribution in [3.63, 3.8) is 0 Å². The summed E-state index contributed by atoms with van der Waals surface area (Å²) in [6.07, 6.45) is 0.213. The molecule has 2 atom stereocenters. The smallest absolute Gasteiger partial charge is 0.251 e. The van der Waals surface area contributed by atoms with Gasteiger partial charge in [0.1, 0.15) is 5.82 Å². The SMILES string of the molecule is CCOC[C@H](NC(=O)c1cc(F)cc(CN2C(=O)C[C@@](C)(C(C)C)N=C2N)c1)c1ccccc1. The molecule has 7 nitrogen and oxygen atoms in total. The zero-order valence-corrected chi connectivity index (χ0v) is 20.2. The van der Waals surface area contributed by atoms with Crippen molar-refractivity contribution >= 4 is 17.8 Å². The number of hydrogen-bond acceptors (Lipinski definition) is 5. The van der Waals surface area contributed by atoms with E-state index in [1.807, 2.05) is 58.0 Å². The molecule has 1 aliphatic heterocycles. The fourth-order valence-electron chi connectivity index (χ4n) is 3.83. The summed E-state index contributed by atoms with van der Waals surface area (Å²) >= 11 is 0. The highest BCUT2D eigenvalue weighted by atomic mass is 19.1. The Morgan fingerprint density at radius 2 is 1.97 bits per heavy atom. The van der Waals surface area contributed by atoms with Crippen molar-refractivity contribution in [2.45, 2.75) is 52.2 Å². The highest BCUT2D eigenvalue weighted by Gasteiger charge is 2.38. The number of carbonyl (C=O) groups is 2. The fraction of sp³-hybridized carbons (Fsp3) is 0.423. The Labute approximate surface area is 200 Å². The third-order valence-electron chi connectivity index (χ3n) is 6.26. The third-order valence-corrected chi connectivity index (χ3v) is 6.26. The van der Waals surface area contributed by atoms with Crippen molar-refractivity contribution in [2.75, 3.05) is 13.2 Å². The Balaban J connectivity index is 1.80. The van der Waals surface area contributed by atoms with Gasteiger partial charge in [-0.05, 0) is 49.1 Å².